The second-order valence-corrected chi connectivity index (χ2v) is 6.57. The number of H-pyrrole nitrogens is 1. The van der Waals surface area contributed by atoms with E-state index in [4.69, 9.17) is 0 Å². The maximum Gasteiger partial charge on any atom is 0.416 e. The first-order valence-electron chi connectivity index (χ1n) is 8.71. The Morgan fingerprint density at radius 3 is 2.23 bits per heavy atom. The Kier molecular flexibility index (Phi) is 4.41. The molecule has 0 spiro atoms. The largest absolute Gasteiger partial charge is 0.416 e. The zero-order chi connectivity index (χ0) is 21.6. The van der Waals surface area contributed by atoms with Crippen LogP contribution in [0.15, 0.2) is 59.4 Å². The lowest BCUT2D eigenvalue weighted by molar-refractivity contribution is -0.385. The van der Waals surface area contributed by atoms with Crippen LogP contribution in [0, 0.1) is 17.0 Å². The SMILES string of the molecule is Cc1nn2c(=O)c([N+](=O)[O-])c(-c3ccccc3)[nH]c2c1-c1ccc(C(F)(F)F)cc1. The summed E-state index contributed by atoms with van der Waals surface area (Å²) in [6, 6.07) is 12.7. The summed E-state index contributed by atoms with van der Waals surface area (Å²) in [5.41, 5.74) is -0.748. The molecule has 2 aromatic carbocycles. The van der Waals surface area contributed by atoms with Gasteiger partial charge in [-0.2, -0.15) is 22.8 Å². The van der Waals surface area contributed by atoms with E-state index in [2.05, 4.69) is 10.1 Å². The fraction of sp³-hybridized carbons (Fsp3) is 0.100. The number of nitrogens with one attached hydrogen (secondary N) is 1. The summed E-state index contributed by atoms with van der Waals surface area (Å²) >= 11 is 0. The van der Waals surface area contributed by atoms with Gasteiger partial charge in [0, 0.05) is 11.1 Å². The summed E-state index contributed by atoms with van der Waals surface area (Å²) in [5, 5.41) is 15.7. The molecule has 10 heteroatoms. The molecule has 0 amide bonds. The van der Waals surface area contributed by atoms with Crippen molar-refractivity contribution in [2.24, 2.45) is 0 Å². The normalized spacial score (nSPS) is 11.7. The Bertz CT molecular complexity index is 1320. The average molecular weight is 414 g/mol. The van der Waals surface area contributed by atoms with E-state index >= 15 is 0 Å². The monoisotopic (exact) mass is 414 g/mol. The summed E-state index contributed by atoms with van der Waals surface area (Å²) < 4.78 is 39.5. The Labute approximate surface area is 166 Å². The fourth-order valence-electron chi connectivity index (χ4n) is 3.33. The van der Waals surface area contributed by atoms with Crippen molar-refractivity contribution in [2.75, 3.05) is 0 Å². The molecule has 30 heavy (non-hydrogen) atoms. The molecule has 0 saturated heterocycles. The number of alkyl halides is 3. The Hall–Kier alpha value is -3.95. The third-order valence-corrected chi connectivity index (χ3v) is 4.68. The molecule has 0 atom stereocenters. The Morgan fingerprint density at radius 2 is 1.67 bits per heavy atom. The van der Waals surface area contributed by atoms with E-state index in [1.165, 1.54) is 12.1 Å². The van der Waals surface area contributed by atoms with Crippen molar-refractivity contribution < 1.29 is 18.1 Å². The summed E-state index contributed by atoms with van der Waals surface area (Å²) in [4.78, 5) is 26.5. The second kappa shape index (κ2) is 6.83. The quantitative estimate of drug-likeness (QED) is 0.392. The Morgan fingerprint density at radius 1 is 1.03 bits per heavy atom. The highest BCUT2D eigenvalue weighted by Gasteiger charge is 2.31. The minimum absolute atomic E-state index is 0.00818. The first kappa shape index (κ1) is 19.4. The van der Waals surface area contributed by atoms with Gasteiger partial charge in [-0.25, -0.2) is 0 Å². The van der Waals surface area contributed by atoms with Crippen LogP contribution in [0.5, 0.6) is 0 Å². The van der Waals surface area contributed by atoms with Crippen LogP contribution in [0.2, 0.25) is 0 Å². The van der Waals surface area contributed by atoms with Gasteiger partial charge in [-0.1, -0.05) is 42.5 Å². The molecule has 7 nitrogen and oxygen atoms in total. The van der Waals surface area contributed by atoms with Crippen LogP contribution in [-0.4, -0.2) is 19.5 Å². The number of halogens is 3. The lowest BCUT2D eigenvalue weighted by atomic mass is 10.0. The van der Waals surface area contributed by atoms with Crippen molar-refractivity contribution in [3.8, 4) is 22.4 Å². The summed E-state index contributed by atoms with van der Waals surface area (Å²) in [7, 11) is 0. The smallest absolute Gasteiger partial charge is 0.333 e. The molecule has 152 valence electrons. The highest BCUT2D eigenvalue weighted by atomic mass is 19.4. The third-order valence-electron chi connectivity index (χ3n) is 4.68. The van der Waals surface area contributed by atoms with Gasteiger partial charge in [0.05, 0.1) is 16.2 Å². The summed E-state index contributed by atoms with van der Waals surface area (Å²) in [6.07, 6.45) is -4.48. The molecule has 2 aromatic heterocycles. The van der Waals surface area contributed by atoms with Gasteiger partial charge in [0.1, 0.15) is 11.3 Å². The zero-order valence-electron chi connectivity index (χ0n) is 15.4. The maximum atomic E-state index is 12.9. The highest BCUT2D eigenvalue weighted by molar-refractivity contribution is 5.82. The van der Waals surface area contributed by atoms with Gasteiger partial charge >= 0.3 is 17.4 Å². The molecule has 4 rings (SSSR count). The summed E-state index contributed by atoms with van der Waals surface area (Å²) in [5.74, 6) is 0. The van der Waals surface area contributed by atoms with Gasteiger partial charge < -0.3 is 4.98 Å². The number of aromatic nitrogens is 3. The first-order chi connectivity index (χ1) is 14.2. The van der Waals surface area contributed by atoms with Crippen LogP contribution in [0.25, 0.3) is 28.0 Å². The van der Waals surface area contributed by atoms with Crippen LogP contribution in [-0.2, 0) is 6.18 Å². The topological polar surface area (TPSA) is 93.3 Å². The van der Waals surface area contributed by atoms with Crippen molar-refractivity contribution in [2.45, 2.75) is 13.1 Å². The number of rotatable bonds is 3. The summed E-state index contributed by atoms with van der Waals surface area (Å²) in [6.45, 7) is 1.57. The van der Waals surface area contributed by atoms with E-state index in [9.17, 15) is 28.1 Å². The molecule has 0 aliphatic heterocycles. The van der Waals surface area contributed by atoms with E-state index in [-0.39, 0.29) is 11.3 Å². The van der Waals surface area contributed by atoms with Gasteiger partial charge in [-0.15, -0.1) is 0 Å². The maximum absolute atomic E-state index is 12.9. The molecule has 0 aliphatic rings. The van der Waals surface area contributed by atoms with E-state index in [0.717, 1.165) is 16.6 Å². The average Bonchev–Trinajstić information content (AvgIpc) is 3.04. The van der Waals surface area contributed by atoms with E-state index in [0.29, 0.717) is 22.4 Å². The molecular weight excluding hydrogens is 401 g/mol. The molecule has 0 unspecified atom stereocenters. The Balaban J connectivity index is 2.01. The van der Waals surface area contributed by atoms with E-state index in [1.807, 2.05) is 0 Å². The van der Waals surface area contributed by atoms with Crippen LogP contribution in [0.4, 0.5) is 18.9 Å². The molecule has 0 radical (unpaired) electrons. The van der Waals surface area contributed by atoms with Gasteiger partial charge in [-0.05, 0) is 24.6 Å². The van der Waals surface area contributed by atoms with Gasteiger partial charge in [0.25, 0.3) is 0 Å². The molecule has 0 bridgehead atoms. The predicted molar refractivity (Wildman–Crippen MR) is 103 cm³/mol. The number of hydrogen-bond acceptors (Lipinski definition) is 4. The zero-order valence-corrected chi connectivity index (χ0v) is 15.4. The minimum atomic E-state index is -4.48. The second-order valence-electron chi connectivity index (χ2n) is 6.57. The fourth-order valence-corrected chi connectivity index (χ4v) is 3.33. The number of hydrogen-bond donors (Lipinski definition) is 1. The van der Waals surface area contributed by atoms with E-state index in [1.54, 1.807) is 37.3 Å². The van der Waals surface area contributed by atoms with Crippen LogP contribution < -0.4 is 5.56 Å². The molecular formula is C20H13F3N4O3. The standard InChI is InChI=1S/C20H13F3N4O3/c1-11-15(12-7-9-14(10-8-12)20(21,22)23)18-24-16(13-5-3-2-4-6-13)17(27(29)30)19(28)26(18)25-11/h2-10,24H,1H3. The molecule has 4 aromatic rings. The number of fused-ring (bicyclic) bond motifs is 1. The highest BCUT2D eigenvalue weighted by Crippen LogP contribution is 2.34. The van der Waals surface area contributed by atoms with Gasteiger partial charge in [-0.3, -0.25) is 14.9 Å². The van der Waals surface area contributed by atoms with Gasteiger partial charge in [0.15, 0.2) is 0 Å². The lowest BCUT2D eigenvalue weighted by Gasteiger charge is -2.08. The van der Waals surface area contributed by atoms with Crippen LogP contribution in [0.1, 0.15) is 11.3 Å². The molecule has 0 aliphatic carbocycles. The predicted octanol–water partition coefficient (Wildman–Crippen LogP) is 4.59. The molecule has 0 fully saturated rings. The third kappa shape index (κ3) is 3.11. The number of benzene rings is 2. The number of nitrogens with zero attached hydrogens (tertiary/aromatic N) is 3. The van der Waals surface area contributed by atoms with Crippen LogP contribution in [0.3, 0.4) is 0 Å². The number of aromatic amines is 1. The minimum Gasteiger partial charge on any atom is -0.333 e. The van der Waals surface area contributed by atoms with Crippen molar-refractivity contribution in [1.82, 2.24) is 14.6 Å². The van der Waals surface area contributed by atoms with Crippen LogP contribution >= 0.6 is 0 Å². The van der Waals surface area contributed by atoms with Crippen molar-refractivity contribution in [1.29, 1.82) is 0 Å². The molecule has 2 heterocycles. The van der Waals surface area contributed by atoms with Crippen molar-refractivity contribution >= 4 is 11.3 Å². The number of aryl methyl sites for hydroxylation is 1. The van der Waals surface area contributed by atoms with Crippen molar-refractivity contribution in [3.63, 3.8) is 0 Å². The van der Waals surface area contributed by atoms with E-state index < -0.39 is 27.9 Å². The lowest BCUT2D eigenvalue weighted by Crippen LogP contribution is -2.20. The first-order valence-corrected chi connectivity index (χ1v) is 8.71. The van der Waals surface area contributed by atoms with Gasteiger partial charge in [0.2, 0.25) is 0 Å². The van der Waals surface area contributed by atoms with Crippen molar-refractivity contribution in [3.05, 3.63) is 86.3 Å². The molecule has 0 saturated carbocycles. The number of nitro groups is 1. The molecule has 1 N–H and O–H groups in total.